The predicted molar refractivity (Wildman–Crippen MR) is 120 cm³/mol. The number of anilines is 1. The summed E-state index contributed by atoms with van der Waals surface area (Å²) in [5.41, 5.74) is 1.35. The summed E-state index contributed by atoms with van der Waals surface area (Å²) < 4.78 is 59.4. The van der Waals surface area contributed by atoms with Gasteiger partial charge in [0.2, 0.25) is 0 Å². The zero-order valence-electron chi connectivity index (χ0n) is 16.5. The van der Waals surface area contributed by atoms with Gasteiger partial charge in [0.15, 0.2) is 5.75 Å². The van der Waals surface area contributed by atoms with Crippen LogP contribution in [0.3, 0.4) is 0 Å². The van der Waals surface area contributed by atoms with Crippen LogP contribution in [0, 0.1) is 6.92 Å². The first-order valence-electron chi connectivity index (χ1n) is 9.37. The monoisotopic (exact) mass is 453 g/mol. The molecular weight excluding hydrogens is 434 g/mol. The molecule has 31 heavy (non-hydrogen) atoms. The molecule has 0 unspecified atom stereocenters. The number of nitrogens with one attached hydrogen (secondary N) is 1. The van der Waals surface area contributed by atoms with Gasteiger partial charge in [-0.3, -0.25) is 4.72 Å². The Kier molecular flexibility index (Phi) is 5.43. The zero-order chi connectivity index (χ0) is 22.1. The zero-order valence-corrected chi connectivity index (χ0v) is 18.2. The average molecular weight is 454 g/mol. The summed E-state index contributed by atoms with van der Waals surface area (Å²) in [5, 5.41) is 0.719. The summed E-state index contributed by atoms with van der Waals surface area (Å²) >= 11 is 0. The summed E-state index contributed by atoms with van der Waals surface area (Å²) in [4.78, 5) is 0.0386. The van der Waals surface area contributed by atoms with E-state index >= 15 is 0 Å². The fraction of sp³-hybridized carbons (Fsp3) is 0.0435. The van der Waals surface area contributed by atoms with Gasteiger partial charge in [0, 0.05) is 16.5 Å². The minimum atomic E-state index is -4.08. The molecular formula is C23H19NO5S2. The molecule has 4 aromatic carbocycles. The van der Waals surface area contributed by atoms with Crippen LogP contribution >= 0.6 is 0 Å². The van der Waals surface area contributed by atoms with E-state index in [0.29, 0.717) is 16.5 Å². The third-order valence-electron chi connectivity index (χ3n) is 4.67. The van der Waals surface area contributed by atoms with Gasteiger partial charge in [-0.05, 0) is 43.3 Å². The Morgan fingerprint density at radius 2 is 1.32 bits per heavy atom. The Balaban J connectivity index is 1.76. The van der Waals surface area contributed by atoms with Crippen molar-refractivity contribution >= 4 is 36.6 Å². The normalized spacial score (nSPS) is 11.9. The van der Waals surface area contributed by atoms with Crippen LogP contribution in [0.1, 0.15) is 5.56 Å². The van der Waals surface area contributed by atoms with Crippen molar-refractivity contribution < 1.29 is 21.0 Å². The van der Waals surface area contributed by atoms with Gasteiger partial charge in [-0.25, -0.2) is 8.42 Å². The van der Waals surface area contributed by atoms with E-state index in [0.717, 1.165) is 5.56 Å². The van der Waals surface area contributed by atoms with Crippen LogP contribution in [-0.4, -0.2) is 16.8 Å². The number of aryl methyl sites for hydroxylation is 1. The number of fused-ring (bicyclic) bond motifs is 1. The molecule has 0 radical (unpaired) electrons. The molecule has 4 rings (SSSR count). The van der Waals surface area contributed by atoms with Crippen molar-refractivity contribution in [1.82, 2.24) is 0 Å². The Labute approximate surface area is 181 Å². The van der Waals surface area contributed by atoms with E-state index in [1.54, 1.807) is 66.7 Å². The lowest BCUT2D eigenvalue weighted by atomic mass is 10.1. The van der Waals surface area contributed by atoms with E-state index in [2.05, 4.69) is 4.72 Å². The average Bonchev–Trinajstić information content (AvgIpc) is 2.74. The van der Waals surface area contributed by atoms with Gasteiger partial charge in [-0.15, -0.1) is 0 Å². The Bertz CT molecular complexity index is 1450. The molecule has 0 fully saturated rings. The Morgan fingerprint density at radius 1 is 0.677 bits per heavy atom. The second-order valence-corrected chi connectivity index (χ2v) is 10.1. The van der Waals surface area contributed by atoms with Gasteiger partial charge in [-0.1, -0.05) is 60.2 Å². The maximum atomic E-state index is 13.0. The number of para-hydroxylation sites is 1. The van der Waals surface area contributed by atoms with Crippen molar-refractivity contribution in [1.29, 1.82) is 0 Å². The molecule has 1 N–H and O–H groups in total. The maximum absolute atomic E-state index is 13.0. The summed E-state index contributed by atoms with van der Waals surface area (Å²) in [6.45, 7) is 1.85. The quantitative estimate of drug-likeness (QED) is 0.427. The first-order chi connectivity index (χ1) is 14.8. The molecule has 4 aromatic rings. The molecule has 0 atom stereocenters. The van der Waals surface area contributed by atoms with E-state index in [1.807, 2.05) is 6.92 Å². The van der Waals surface area contributed by atoms with Crippen LogP contribution < -0.4 is 8.91 Å². The van der Waals surface area contributed by atoms with E-state index in [9.17, 15) is 16.8 Å². The summed E-state index contributed by atoms with van der Waals surface area (Å²) in [5.74, 6) is 0.0508. The summed E-state index contributed by atoms with van der Waals surface area (Å²) in [6.07, 6.45) is 0. The highest BCUT2D eigenvalue weighted by Crippen LogP contribution is 2.32. The van der Waals surface area contributed by atoms with Crippen molar-refractivity contribution in [3.05, 3.63) is 96.6 Å². The highest BCUT2D eigenvalue weighted by atomic mass is 32.2. The van der Waals surface area contributed by atoms with E-state index < -0.39 is 20.1 Å². The number of hydrogen-bond donors (Lipinski definition) is 1. The molecule has 0 saturated carbocycles. The van der Waals surface area contributed by atoms with Crippen molar-refractivity contribution in [2.75, 3.05) is 4.72 Å². The first kappa shape index (κ1) is 20.9. The van der Waals surface area contributed by atoms with E-state index in [4.69, 9.17) is 4.18 Å². The molecule has 0 amide bonds. The van der Waals surface area contributed by atoms with Gasteiger partial charge in [0.1, 0.15) is 4.90 Å². The topological polar surface area (TPSA) is 89.5 Å². The first-order valence-corrected chi connectivity index (χ1v) is 12.3. The SMILES string of the molecule is Cc1ccc(S(=O)(=O)Oc2cccc3c(S(=O)(=O)Nc4ccccc4)cccc23)cc1. The molecule has 0 bridgehead atoms. The Morgan fingerprint density at radius 3 is 2.03 bits per heavy atom. The van der Waals surface area contributed by atoms with Gasteiger partial charge in [0.25, 0.3) is 10.0 Å². The molecule has 0 aliphatic heterocycles. The summed E-state index contributed by atoms with van der Waals surface area (Å²) in [7, 11) is -8.00. The van der Waals surface area contributed by atoms with Crippen LogP contribution in [0.5, 0.6) is 5.75 Å². The highest BCUT2D eigenvalue weighted by Gasteiger charge is 2.21. The molecule has 0 spiro atoms. The standard InChI is InChI=1S/C23H19NO5S2/c1-17-13-15-19(16-14-17)31(27,28)29-22-11-5-10-21-20(22)9-6-12-23(21)30(25,26)24-18-7-3-2-4-8-18/h2-16,24H,1H3. The predicted octanol–water partition coefficient (Wildman–Crippen LogP) is 4.72. The van der Waals surface area contributed by atoms with Gasteiger partial charge in [-0.2, -0.15) is 8.42 Å². The lowest BCUT2D eigenvalue weighted by Crippen LogP contribution is -2.13. The molecule has 0 aliphatic rings. The lowest BCUT2D eigenvalue weighted by molar-refractivity contribution is 0.488. The maximum Gasteiger partial charge on any atom is 0.339 e. The fourth-order valence-electron chi connectivity index (χ4n) is 3.15. The highest BCUT2D eigenvalue weighted by molar-refractivity contribution is 7.93. The molecule has 158 valence electrons. The molecule has 8 heteroatoms. The van der Waals surface area contributed by atoms with Crippen molar-refractivity contribution in [3.8, 4) is 5.75 Å². The van der Waals surface area contributed by atoms with Crippen LogP contribution in [-0.2, 0) is 20.1 Å². The van der Waals surface area contributed by atoms with Crippen LogP contribution in [0.15, 0.2) is 101 Å². The van der Waals surface area contributed by atoms with Gasteiger partial charge in [0.05, 0.1) is 4.90 Å². The van der Waals surface area contributed by atoms with Gasteiger partial charge >= 0.3 is 10.1 Å². The smallest absolute Gasteiger partial charge is 0.339 e. The van der Waals surface area contributed by atoms with E-state index in [-0.39, 0.29) is 15.5 Å². The number of sulfonamides is 1. The molecule has 0 saturated heterocycles. The number of rotatable bonds is 6. The minimum Gasteiger partial charge on any atom is -0.378 e. The number of benzene rings is 4. The fourth-order valence-corrected chi connectivity index (χ4v) is 5.38. The van der Waals surface area contributed by atoms with Crippen LogP contribution in [0.4, 0.5) is 5.69 Å². The summed E-state index contributed by atoms with van der Waals surface area (Å²) in [6, 6.07) is 24.1. The molecule has 6 nitrogen and oxygen atoms in total. The van der Waals surface area contributed by atoms with Crippen LogP contribution in [0.2, 0.25) is 0 Å². The minimum absolute atomic E-state index is 0.0182. The number of hydrogen-bond acceptors (Lipinski definition) is 5. The second-order valence-electron chi connectivity index (χ2n) is 6.93. The largest absolute Gasteiger partial charge is 0.378 e. The van der Waals surface area contributed by atoms with Crippen LogP contribution in [0.25, 0.3) is 10.8 Å². The van der Waals surface area contributed by atoms with Crippen molar-refractivity contribution in [2.24, 2.45) is 0 Å². The Hall–Kier alpha value is -3.36. The second kappa shape index (κ2) is 8.05. The third kappa shape index (κ3) is 4.40. The van der Waals surface area contributed by atoms with Crippen molar-refractivity contribution in [2.45, 2.75) is 16.7 Å². The third-order valence-corrected chi connectivity index (χ3v) is 7.35. The van der Waals surface area contributed by atoms with Gasteiger partial charge < -0.3 is 4.18 Å². The van der Waals surface area contributed by atoms with E-state index in [1.165, 1.54) is 24.3 Å². The molecule has 0 aromatic heterocycles. The molecule has 0 aliphatic carbocycles. The molecule has 0 heterocycles. The van der Waals surface area contributed by atoms with Crippen molar-refractivity contribution in [3.63, 3.8) is 0 Å². The lowest BCUT2D eigenvalue weighted by Gasteiger charge is -2.13.